The van der Waals surface area contributed by atoms with Gasteiger partial charge < -0.3 is 10.5 Å². The van der Waals surface area contributed by atoms with Crippen LogP contribution in [0.2, 0.25) is 0 Å². The zero-order valence-corrected chi connectivity index (χ0v) is 20.5. The Labute approximate surface area is 193 Å². The first-order valence-electron chi connectivity index (χ1n) is 9.86. The average Bonchev–Trinajstić information content (AvgIpc) is 3.52. The fourth-order valence-corrected chi connectivity index (χ4v) is 4.01. The van der Waals surface area contributed by atoms with Gasteiger partial charge >= 0.3 is 21.7 Å². The van der Waals surface area contributed by atoms with Gasteiger partial charge in [0.05, 0.1) is 5.91 Å². The standard InChI is InChI=1S/C12H11Si.C9H13.C4H7NO.Ti/c1-3-7-11(8-4-1)13-12-9-5-2-6-10-12;1-6-5-7(2)9(4)8(6)3;5-4(6)3-1-2-3;/h1-10,13H;6H,1-4H3;3H,1-2H2,(H2,5,6);/q;-1;;+2/p-1. The minimum absolute atomic E-state index is 0. The summed E-state index contributed by atoms with van der Waals surface area (Å²) in [5.41, 5.74) is 10.7. The molecule has 0 saturated heterocycles. The van der Waals surface area contributed by atoms with Crippen molar-refractivity contribution < 1.29 is 26.5 Å². The molecular weight excluding hydrogens is 406 g/mol. The first-order valence-corrected chi connectivity index (χ1v) is 11.0. The maximum atomic E-state index is 9.87. The third kappa shape index (κ3) is 9.12. The van der Waals surface area contributed by atoms with Crippen LogP contribution in [-0.2, 0) is 26.5 Å². The maximum absolute atomic E-state index is 9.87. The second-order valence-corrected chi connectivity index (χ2v) is 9.03. The van der Waals surface area contributed by atoms with E-state index in [4.69, 9.17) is 5.73 Å². The number of amides is 1. The minimum atomic E-state index is -0.380. The number of nitrogens with one attached hydrogen (secondary N) is 1. The molecule has 1 atom stereocenters. The van der Waals surface area contributed by atoms with Crippen LogP contribution in [0.1, 0.15) is 40.5 Å². The van der Waals surface area contributed by atoms with E-state index in [-0.39, 0.29) is 43.1 Å². The van der Waals surface area contributed by atoms with Crippen molar-refractivity contribution in [3.8, 4) is 0 Å². The van der Waals surface area contributed by atoms with Gasteiger partial charge in [0.25, 0.3) is 0 Å². The van der Waals surface area contributed by atoms with Gasteiger partial charge in [-0.2, -0.15) is 11.1 Å². The van der Waals surface area contributed by atoms with E-state index in [1.807, 2.05) is 0 Å². The molecule has 1 unspecified atom stereocenters. The Kier molecular flexibility index (Phi) is 11.2. The van der Waals surface area contributed by atoms with Crippen molar-refractivity contribution in [1.82, 2.24) is 0 Å². The van der Waals surface area contributed by atoms with E-state index in [1.54, 1.807) is 0 Å². The molecule has 2 aliphatic rings. The van der Waals surface area contributed by atoms with Crippen molar-refractivity contribution in [2.24, 2.45) is 11.8 Å². The smallest absolute Gasteiger partial charge is 0.668 e. The summed E-state index contributed by atoms with van der Waals surface area (Å²) in [4.78, 5) is 9.87. The quantitative estimate of drug-likeness (QED) is 0.505. The first kappa shape index (κ1) is 25.4. The van der Waals surface area contributed by atoms with Crippen LogP contribution in [0, 0.1) is 17.9 Å². The molecule has 2 aliphatic carbocycles. The fourth-order valence-electron chi connectivity index (χ4n) is 2.80. The van der Waals surface area contributed by atoms with Crippen LogP contribution >= 0.6 is 0 Å². The summed E-state index contributed by atoms with van der Waals surface area (Å²) in [5.74, 6) is 0.310. The Morgan fingerprint density at radius 3 is 1.59 bits per heavy atom. The largest absolute Gasteiger partial charge is 2.00 e. The molecular formula is C25H30NOSiTi. The molecule has 2 aromatic rings. The molecule has 4 heteroatoms. The predicted octanol–water partition coefficient (Wildman–Crippen LogP) is 4.77. The number of carbonyl (C=O) groups excluding carboxylic acids is 1. The van der Waals surface area contributed by atoms with E-state index >= 15 is 0 Å². The topological polar surface area (TPSA) is 40.9 Å². The van der Waals surface area contributed by atoms with Gasteiger partial charge in [-0.15, -0.1) is 6.92 Å². The molecule has 1 radical (unpaired) electrons. The Morgan fingerprint density at radius 2 is 1.38 bits per heavy atom. The number of hydrogen-bond acceptors (Lipinski definition) is 1. The van der Waals surface area contributed by atoms with E-state index in [9.17, 15) is 4.79 Å². The van der Waals surface area contributed by atoms with Gasteiger partial charge in [0.15, 0.2) is 0 Å². The Morgan fingerprint density at radius 1 is 0.931 bits per heavy atom. The van der Waals surface area contributed by atoms with E-state index < -0.39 is 0 Å². The van der Waals surface area contributed by atoms with Crippen LogP contribution in [0.25, 0.3) is 5.73 Å². The number of hydrogen-bond donors (Lipinski definition) is 0. The zero-order valence-electron chi connectivity index (χ0n) is 17.8. The molecule has 0 bridgehead atoms. The number of allylic oxidation sites excluding steroid dienone is 4. The molecule has 1 saturated carbocycles. The molecule has 0 spiro atoms. The Hall–Kier alpha value is -1.68. The van der Waals surface area contributed by atoms with E-state index in [0.29, 0.717) is 5.92 Å². The summed E-state index contributed by atoms with van der Waals surface area (Å²) in [5, 5.41) is 2.90. The van der Waals surface area contributed by atoms with Gasteiger partial charge in [0.2, 0.25) is 0 Å². The van der Waals surface area contributed by atoms with Crippen molar-refractivity contribution in [1.29, 1.82) is 0 Å². The molecule has 1 fully saturated rings. The molecule has 2 nitrogen and oxygen atoms in total. The molecule has 4 rings (SSSR count). The second-order valence-electron chi connectivity index (χ2n) is 7.40. The zero-order chi connectivity index (χ0) is 20.5. The molecule has 149 valence electrons. The second kappa shape index (κ2) is 12.8. The van der Waals surface area contributed by atoms with Gasteiger partial charge in [0.1, 0.15) is 9.52 Å². The predicted molar refractivity (Wildman–Crippen MR) is 121 cm³/mol. The summed E-state index contributed by atoms with van der Waals surface area (Å²) < 4.78 is 0. The van der Waals surface area contributed by atoms with Gasteiger partial charge in [-0.1, -0.05) is 97.7 Å². The van der Waals surface area contributed by atoms with Crippen LogP contribution in [0.15, 0.2) is 77.4 Å². The van der Waals surface area contributed by atoms with Crippen molar-refractivity contribution in [3.63, 3.8) is 0 Å². The van der Waals surface area contributed by atoms with Gasteiger partial charge in [0, 0.05) is 5.92 Å². The summed E-state index contributed by atoms with van der Waals surface area (Å²) in [7, 11) is 0.271. The number of benzene rings is 2. The third-order valence-corrected chi connectivity index (χ3v) is 6.55. The summed E-state index contributed by atoms with van der Waals surface area (Å²) in [6, 6.07) is 21.3. The molecule has 0 heterocycles. The van der Waals surface area contributed by atoms with Crippen LogP contribution in [-0.4, -0.2) is 15.4 Å². The molecule has 1 amide bonds. The van der Waals surface area contributed by atoms with Crippen molar-refractivity contribution in [3.05, 3.63) is 89.2 Å². The molecule has 29 heavy (non-hydrogen) atoms. The molecule has 0 aliphatic heterocycles. The van der Waals surface area contributed by atoms with Crippen molar-refractivity contribution in [2.45, 2.75) is 40.5 Å². The van der Waals surface area contributed by atoms with E-state index in [0.717, 1.165) is 12.8 Å². The normalized spacial score (nSPS) is 17.1. The SMILES string of the molecule is CC1=[C-]C(C)C(C)=C1C.[NH-]C(=O)C1CC1.[Ti+2].c1ccc([SiH]c2ccccc2)cc1. The fraction of sp³-hybridized carbons (Fsp3) is 0.320. The number of rotatable bonds is 3. The summed E-state index contributed by atoms with van der Waals surface area (Å²) in [6.07, 6.45) is 5.28. The summed E-state index contributed by atoms with van der Waals surface area (Å²) >= 11 is 0. The van der Waals surface area contributed by atoms with Crippen LogP contribution < -0.4 is 10.4 Å². The maximum Gasteiger partial charge on any atom is 2.00 e. The van der Waals surface area contributed by atoms with Gasteiger partial charge in [-0.3, -0.25) is 6.08 Å². The molecule has 2 aromatic carbocycles. The van der Waals surface area contributed by atoms with E-state index in [1.165, 1.54) is 27.1 Å². The van der Waals surface area contributed by atoms with Gasteiger partial charge in [-0.25, -0.2) is 5.57 Å². The Balaban J connectivity index is 0.000000230. The van der Waals surface area contributed by atoms with Crippen LogP contribution in [0.3, 0.4) is 0 Å². The summed E-state index contributed by atoms with van der Waals surface area (Å²) in [6.45, 7) is 8.67. The minimum Gasteiger partial charge on any atom is -0.668 e. The van der Waals surface area contributed by atoms with Crippen molar-refractivity contribution >= 4 is 25.8 Å². The average molecular weight is 436 g/mol. The Bertz CT molecular complexity index is 789. The molecule has 0 aromatic heterocycles. The monoisotopic (exact) mass is 436 g/mol. The van der Waals surface area contributed by atoms with Crippen LogP contribution in [0.5, 0.6) is 0 Å². The van der Waals surface area contributed by atoms with Gasteiger partial charge in [-0.05, 0) is 12.8 Å². The van der Waals surface area contributed by atoms with E-state index in [2.05, 4.69) is 94.4 Å². The first-order chi connectivity index (χ1) is 13.4. The molecule has 1 N–H and O–H groups in total. The number of carbonyl (C=O) groups is 1. The van der Waals surface area contributed by atoms with Crippen molar-refractivity contribution in [2.75, 3.05) is 0 Å². The third-order valence-electron chi connectivity index (χ3n) is 5.12. The van der Waals surface area contributed by atoms with Crippen LogP contribution in [0.4, 0.5) is 0 Å².